The number of rotatable bonds is 9. The molecule has 2 amide bonds. The number of hydrogen-bond donors (Lipinski definition) is 2. The van der Waals surface area contributed by atoms with Gasteiger partial charge in [0.25, 0.3) is 11.8 Å². The van der Waals surface area contributed by atoms with E-state index in [0.29, 0.717) is 0 Å². The van der Waals surface area contributed by atoms with E-state index in [0.717, 1.165) is 30.6 Å². The van der Waals surface area contributed by atoms with Crippen LogP contribution in [0.2, 0.25) is 0 Å². The normalized spacial score (nSPS) is 19.0. The van der Waals surface area contributed by atoms with Gasteiger partial charge in [-0.2, -0.15) is 0 Å². The lowest BCUT2D eigenvalue weighted by molar-refractivity contribution is 0.0628. The minimum absolute atomic E-state index is 0.0481. The van der Waals surface area contributed by atoms with Gasteiger partial charge in [-0.1, -0.05) is 25.0 Å². The molecule has 0 spiro atoms. The van der Waals surface area contributed by atoms with Crippen molar-refractivity contribution in [2.75, 3.05) is 18.1 Å². The molecule has 1 saturated carbocycles. The van der Waals surface area contributed by atoms with E-state index in [1.807, 2.05) is 0 Å². The first-order valence-electron chi connectivity index (χ1n) is 9.45. The molecule has 9 nitrogen and oxygen atoms in total. The zero-order valence-corrected chi connectivity index (χ0v) is 17.5. The summed E-state index contributed by atoms with van der Waals surface area (Å²) in [5.74, 6) is -1.62. The summed E-state index contributed by atoms with van der Waals surface area (Å²) in [6, 6.07) is 6.29. The van der Waals surface area contributed by atoms with E-state index in [1.165, 1.54) is 12.1 Å². The van der Waals surface area contributed by atoms with Crippen LogP contribution in [0.5, 0.6) is 0 Å². The monoisotopic (exact) mass is 445 g/mol. The number of benzene rings is 1. The number of nitrogens with zero attached hydrogens (tertiary/aromatic N) is 1. The largest absolute Gasteiger partial charge is 0.469 e. The van der Waals surface area contributed by atoms with Crippen molar-refractivity contribution in [3.63, 3.8) is 0 Å². The smallest absolute Gasteiger partial charge is 0.303 e. The van der Waals surface area contributed by atoms with Gasteiger partial charge >= 0.3 is 7.82 Å². The molecule has 1 unspecified atom stereocenters. The van der Waals surface area contributed by atoms with Gasteiger partial charge < -0.3 is 9.79 Å². The van der Waals surface area contributed by atoms with Crippen molar-refractivity contribution in [2.45, 2.75) is 38.2 Å². The second kappa shape index (κ2) is 8.65. The third kappa shape index (κ3) is 5.73. The Morgan fingerprint density at radius 1 is 1.10 bits per heavy atom. The van der Waals surface area contributed by atoms with Crippen molar-refractivity contribution in [3.8, 4) is 0 Å². The van der Waals surface area contributed by atoms with Gasteiger partial charge in [0, 0.05) is 6.54 Å². The summed E-state index contributed by atoms with van der Waals surface area (Å²) in [4.78, 5) is 44.1. The number of carbonyl (C=O) groups is 2. The van der Waals surface area contributed by atoms with Crippen LogP contribution in [-0.4, -0.2) is 59.1 Å². The lowest BCUT2D eigenvalue weighted by atomic mass is 10.1. The topological polar surface area (TPSA) is 138 Å². The number of hydrogen-bond acceptors (Lipinski definition) is 6. The molecule has 2 N–H and O–H groups in total. The van der Waals surface area contributed by atoms with Crippen molar-refractivity contribution in [3.05, 3.63) is 35.4 Å². The Balaban J connectivity index is 1.67. The molecule has 0 bridgehead atoms. The fraction of sp³-hybridized carbons (Fsp3) is 0.556. The first-order chi connectivity index (χ1) is 13.6. The molecule has 160 valence electrons. The molecular weight excluding hydrogens is 421 g/mol. The van der Waals surface area contributed by atoms with Crippen LogP contribution in [0.15, 0.2) is 24.3 Å². The van der Waals surface area contributed by atoms with E-state index < -0.39 is 41.3 Å². The van der Waals surface area contributed by atoms with E-state index in [2.05, 4.69) is 4.52 Å². The first kappa shape index (κ1) is 22.1. The summed E-state index contributed by atoms with van der Waals surface area (Å²) in [5.41, 5.74) is 0.498. The van der Waals surface area contributed by atoms with Crippen molar-refractivity contribution in [1.29, 1.82) is 0 Å². The Bertz CT molecular complexity index is 900. The molecule has 1 fully saturated rings. The van der Waals surface area contributed by atoms with Gasteiger partial charge in [-0.15, -0.1) is 0 Å². The van der Waals surface area contributed by atoms with E-state index in [-0.39, 0.29) is 35.8 Å². The van der Waals surface area contributed by atoms with Crippen LogP contribution in [0.3, 0.4) is 0 Å². The van der Waals surface area contributed by atoms with Crippen LogP contribution in [0.4, 0.5) is 0 Å². The quantitative estimate of drug-likeness (QED) is 0.433. The van der Waals surface area contributed by atoms with Gasteiger partial charge in [0.15, 0.2) is 9.84 Å². The Morgan fingerprint density at radius 2 is 1.66 bits per heavy atom. The average Bonchev–Trinajstić information content (AvgIpc) is 3.19. The van der Waals surface area contributed by atoms with E-state index in [4.69, 9.17) is 9.79 Å². The van der Waals surface area contributed by atoms with Gasteiger partial charge in [0.1, 0.15) is 0 Å². The maximum atomic E-state index is 12.5. The molecule has 2 aliphatic rings. The zero-order chi connectivity index (χ0) is 21.2. The highest BCUT2D eigenvalue weighted by atomic mass is 32.2. The van der Waals surface area contributed by atoms with Gasteiger partial charge in [-0.3, -0.25) is 19.0 Å². The summed E-state index contributed by atoms with van der Waals surface area (Å²) in [5, 5.41) is 0. The van der Waals surface area contributed by atoms with E-state index in [1.54, 1.807) is 12.1 Å². The minimum Gasteiger partial charge on any atom is -0.303 e. The number of carbonyl (C=O) groups excluding carboxylic acids is 2. The molecule has 1 aliphatic heterocycles. The Kier molecular flexibility index (Phi) is 6.60. The van der Waals surface area contributed by atoms with Gasteiger partial charge in [-0.25, -0.2) is 13.0 Å². The SMILES string of the molecule is O=C1c2ccccc2C(=O)N1CCC(CS(=O)(=O)CC1CCCC1)OP(=O)(O)O. The Hall–Kier alpha value is -1.58. The highest BCUT2D eigenvalue weighted by molar-refractivity contribution is 7.91. The third-order valence-corrected chi connectivity index (χ3v) is 7.68. The molecule has 1 aromatic carbocycles. The van der Waals surface area contributed by atoms with Crippen LogP contribution < -0.4 is 0 Å². The molecule has 0 aromatic heterocycles. The molecular formula is C18H24NO8PS. The molecule has 0 saturated heterocycles. The van der Waals surface area contributed by atoms with E-state index in [9.17, 15) is 22.6 Å². The van der Waals surface area contributed by atoms with Gasteiger partial charge in [-0.05, 0) is 37.3 Å². The number of phosphoric acid groups is 1. The molecule has 1 atom stereocenters. The summed E-state index contributed by atoms with van der Waals surface area (Å²) in [6.07, 6.45) is 2.06. The summed E-state index contributed by atoms with van der Waals surface area (Å²) in [6.45, 7) is -0.198. The number of sulfone groups is 1. The standard InChI is InChI=1S/C18H24NO8PS/c20-17-15-7-3-4-8-16(15)18(21)19(17)10-9-14(27-28(22,23)24)12-29(25,26)11-13-5-1-2-6-13/h3-4,7-8,13-14H,1-2,5-6,9-12H2,(H2,22,23,24). The van der Waals surface area contributed by atoms with Crippen molar-refractivity contribution in [2.24, 2.45) is 5.92 Å². The lowest BCUT2D eigenvalue weighted by Crippen LogP contribution is -2.35. The fourth-order valence-electron chi connectivity index (χ4n) is 3.96. The summed E-state index contributed by atoms with van der Waals surface area (Å²) >= 11 is 0. The Labute approximate surface area is 169 Å². The number of amides is 2. The average molecular weight is 445 g/mol. The van der Waals surface area contributed by atoms with Crippen molar-refractivity contribution < 1.29 is 36.9 Å². The van der Waals surface area contributed by atoms with E-state index >= 15 is 0 Å². The third-order valence-electron chi connectivity index (χ3n) is 5.24. The van der Waals surface area contributed by atoms with Crippen LogP contribution >= 0.6 is 7.82 Å². The molecule has 1 heterocycles. The second-order valence-corrected chi connectivity index (χ2v) is 10.9. The predicted molar refractivity (Wildman–Crippen MR) is 104 cm³/mol. The molecule has 1 aromatic rings. The lowest BCUT2D eigenvalue weighted by Gasteiger charge is -2.22. The fourth-order valence-corrected chi connectivity index (χ4v) is 6.62. The number of phosphoric ester groups is 1. The van der Waals surface area contributed by atoms with Crippen LogP contribution in [-0.2, 0) is 18.9 Å². The zero-order valence-electron chi connectivity index (χ0n) is 15.8. The maximum absolute atomic E-state index is 12.5. The molecule has 3 rings (SSSR count). The van der Waals surface area contributed by atoms with Gasteiger partial charge in [0.05, 0.1) is 28.7 Å². The summed E-state index contributed by atoms with van der Waals surface area (Å²) < 4.78 is 41.0. The molecule has 0 radical (unpaired) electrons. The number of imide groups is 1. The molecule has 11 heteroatoms. The van der Waals surface area contributed by atoms with Gasteiger partial charge in [0.2, 0.25) is 0 Å². The maximum Gasteiger partial charge on any atom is 0.469 e. The minimum atomic E-state index is -4.95. The van der Waals surface area contributed by atoms with Crippen LogP contribution in [0.25, 0.3) is 0 Å². The van der Waals surface area contributed by atoms with Crippen molar-refractivity contribution in [1.82, 2.24) is 4.90 Å². The summed E-state index contributed by atoms with van der Waals surface area (Å²) in [7, 11) is -8.57. The van der Waals surface area contributed by atoms with Crippen LogP contribution in [0, 0.1) is 5.92 Å². The first-order valence-corrected chi connectivity index (χ1v) is 12.8. The highest BCUT2D eigenvalue weighted by Gasteiger charge is 2.36. The molecule has 1 aliphatic carbocycles. The molecule has 29 heavy (non-hydrogen) atoms. The highest BCUT2D eigenvalue weighted by Crippen LogP contribution is 2.39. The predicted octanol–water partition coefficient (Wildman–Crippen LogP) is 1.76. The van der Waals surface area contributed by atoms with Crippen molar-refractivity contribution >= 4 is 29.5 Å². The Morgan fingerprint density at radius 3 is 2.17 bits per heavy atom. The second-order valence-electron chi connectivity index (χ2n) is 7.54. The number of fused-ring (bicyclic) bond motifs is 1. The van der Waals surface area contributed by atoms with Crippen LogP contribution in [0.1, 0.15) is 52.8 Å².